The number of hydrogen-bond donors (Lipinski definition) is 0. The lowest BCUT2D eigenvalue weighted by Crippen LogP contribution is -2.24. The van der Waals surface area contributed by atoms with Crippen molar-refractivity contribution in [2.75, 3.05) is 24.7 Å². The molecule has 0 spiro atoms. The van der Waals surface area contributed by atoms with Gasteiger partial charge in [-0.05, 0) is 17.2 Å². The number of sulfone groups is 1. The molecule has 0 radical (unpaired) electrons. The van der Waals surface area contributed by atoms with Gasteiger partial charge in [-0.3, -0.25) is 0 Å². The molecular formula is C16H19N3O2S. The standard InChI is InChI=1S/C16H19N3O2S/c1-16(2)10-19(3)14-7-11(5-6-13(14)16)12-8-17-15(18-9-12)22(4,20)21/h5-9H,10H2,1-4H3. The average Bonchev–Trinajstić information content (AvgIpc) is 2.68. The lowest BCUT2D eigenvalue weighted by atomic mass is 9.86. The fourth-order valence-electron chi connectivity index (χ4n) is 3.02. The Morgan fingerprint density at radius 3 is 2.36 bits per heavy atom. The Morgan fingerprint density at radius 2 is 1.77 bits per heavy atom. The molecule has 1 aromatic heterocycles. The molecule has 0 atom stereocenters. The first kappa shape index (κ1) is 15.0. The van der Waals surface area contributed by atoms with Crippen molar-refractivity contribution in [1.29, 1.82) is 0 Å². The van der Waals surface area contributed by atoms with E-state index >= 15 is 0 Å². The lowest BCUT2D eigenvalue weighted by Gasteiger charge is -2.18. The third-order valence-electron chi connectivity index (χ3n) is 4.06. The molecule has 1 aliphatic rings. The van der Waals surface area contributed by atoms with E-state index in [1.165, 1.54) is 11.3 Å². The van der Waals surface area contributed by atoms with Gasteiger partial charge in [-0.2, -0.15) is 0 Å². The van der Waals surface area contributed by atoms with E-state index in [-0.39, 0.29) is 10.6 Å². The van der Waals surface area contributed by atoms with Gasteiger partial charge in [-0.25, -0.2) is 18.4 Å². The first-order valence-corrected chi connectivity index (χ1v) is 8.96. The van der Waals surface area contributed by atoms with Gasteiger partial charge in [-0.1, -0.05) is 26.0 Å². The molecule has 5 nitrogen and oxygen atoms in total. The Bertz CT molecular complexity index is 827. The number of benzene rings is 1. The summed E-state index contributed by atoms with van der Waals surface area (Å²) in [5.74, 6) is 0. The van der Waals surface area contributed by atoms with Crippen molar-refractivity contribution < 1.29 is 8.42 Å². The number of nitrogens with zero attached hydrogens (tertiary/aromatic N) is 3. The molecule has 1 aromatic carbocycles. The molecule has 0 N–H and O–H groups in total. The van der Waals surface area contributed by atoms with E-state index in [2.05, 4.69) is 47.9 Å². The monoisotopic (exact) mass is 317 g/mol. The number of rotatable bonds is 2. The van der Waals surface area contributed by atoms with Crippen molar-refractivity contribution in [1.82, 2.24) is 9.97 Å². The molecule has 0 bridgehead atoms. The van der Waals surface area contributed by atoms with E-state index in [4.69, 9.17) is 0 Å². The SMILES string of the molecule is CN1CC(C)(C)c2ccc(-c3cnc(S(C)(=O)=O)nc3)cc21. The number of hydrogen-bond acceptors (Lipinski definition) is 5. The zero-order valence-electron chi connectivity index (χ0n) is 13.2. The Labute approximate surface area is 130 Å². The minimum atomic E-state index is -3.37. The van der Waals surface area contributed by atoms with Crippen molar-refractivity contribution in [3.8, 4) is 11.1 Å². The molecule has 2 heterocycles. The first-order chi connectivity index (χ1) is 10.2. The van der Waals surface area contributed by atoms with Gasteiger partial charge in [0.05, 0.1) is 0 Å². The molecule has 0 unspecified atom stereocenters. The molecule has 0 fully saturated rings. The molecule has 0 saturated heterocycles. The summed E-state index contributed by atoms with van der Waals surface area (Å²) in [4.78, 5) is 10.2. The molecule has 6 heteroatoms. The van der Waals surface area contributed by atoms with Crippen molar-refractivity contribution in [3.05, 3.63) is 36.2 Å². The summed E-state index contributed by atoms with van der Waals surface area (Å²) < 4.78 is 22.8. The van der Waals surface area contributed by atoms with Crippen LogP contribution in [0.3, 0.4) is 0 Å². The third-order valence-corrected chi connectivity index (χ3v) is 4.94. The maximum Gasteiger partial charge on any atom is 0.246 e. The van der Waals surface area contributed by atoms with Crippen LogP contribution in [0.25, 0.3) is 11.1 Å². The molecule has 0 saturated carbocycles. The van der Waals surface area contributed by atoms with E-state index in [1.54, 1.807) is 12.4 Å². The molecular weight excluding hydrogens is 298 g/mol. The van der Waals surface area contributed by atoms with Gasteiger partial charge in [0.2, 0.25) is 15.0 Å². The van der Waals surface area contributed by atoms with Crippen molar-refractivity contribution in [2.45, 2.75) is 24.4 Å². The van der Waals surface area contributed by atoms with Crippen LogP contribution in [0.1, 0.15) is 19.4 Å². The second-order valence-corrected chi connectivity index (χ2v) is 8.41. The maximum absolute atomic E-state index is 11.4. The van der Waals surface area contributed by atoms with Crippen LogP contribution < -0.4 is 4.90 Å². The van der Waals surface area contributed by atoms with Gasteiger partial charge in [0.15, 0.2) is 0 Å². The number of anilines is 1. The summed E-state index contributed by atoms with van der Waals surface area (Å²) in [5.41, 5.74) is 4.47. The highest BCUT2D eigenvalue weighted by Gasteiger charge is 2.33. The summed E-state index contributed by atoms with van der Waals surface area (Å²) in [7, 11) is -1.28. The van der Waals surface area contributed by atoms with Gasteiger partial charge in [0.1, 0.15) is 0 Å². The summed E-state index contributed by atoms with van der Waals surface area (Å²) in [6, 6.07) is 6.29. The van der Waals surface area contributed by atoms with E-state index in [0.29, 0.717) is 0 Å². The van der Waals surface area contributed by atoms with Crippen molar-refractivity contribution >= 4 is 15.5 Å². The van der Waals surface area contributed by atoms with Gasteiger partial charge in [0.25, 0.3) is 0 Å². The van der Waals surface area contributed by atoms with Crippen molar-refractivity contribution in [2.24, 2.45) is 0 Å². The minimum Gasteiger partial charge on any atom is -0.373 e. The normalized spacial score (nSPS) is 16.6. The highest BCUT2D eigenvalue weighted by atomic mass is 32.2. The third kappa shape index (κ3) is 2.47. The van der Waals surface area contributed by atoms with Crippen LogP contribution in [0.4, 0.5) is 5.69 Å². The largest absolute Gasteiger partial charge is 0.373 e. The molecule has 3 rings (SSSR count). The van der Waals surface area contributed by atoms with Crippen LogP contribution in [0, 0.1) is 0 Å². The second kappa shape index (κ2) is 4.78. The zero-order chi connectivity index (χ0) is 16.1. The summed E-state index contributed by atoms with van der Waals surface area (Å²) in [6.45, 7) is 5.45. The predicted octanol–water partition coefficient (Wildman–Crippen LogP) is 2.27. The summed E-state index contributed by atoms with van der Waals surface area (Å²) in [5, 5.41) is -0.143. The molecule has 0 aliphatic carbocycles. The van der Waals surface area contributed by atoms with E-state index < -0.39 is 9.84 Å². The van der Waals surface area contributed by atoms with E-state index in [0.717, 1.165) is 23.9 Å². The van der Waals surface area contributed by atoms with Crippen LogP contribution in [0.15, 0.2) is 35.7 Å². The predicted molar refractivity (Wildman–Crippen MR) is 86.9 cm³/mol. The number of likely N-dealkylation sites (N-methyl/N-ethyl adjacent to an activating group) is 1. The Morgan fingerprint density at radius 1 is 1.14 bits per heavy atom. The second-order valence-electron chi connectivity index (χ2n) is 6.50. The molecule has 2 aromatic rings. The van der Waals surface area contributed by atoms with Crippen molar-refractivity contribution in [3.63, 3.8) is 0 Å². The minimum absolute atomic E-state index is 0.138. The van der Waals surface area contributed by atoms with E-state index in [1.807, 2.05) is 6.07 Å². The molecule has 22 heavy (non-hydrogen) atoms. The van der Waals surface area contributed by atoms with Gasteiger partial charge >= 0.3 is 0 Å². The lowest BCUT2D eigenvalue weighted by molar-refractivity contribution is 0.563. The fourth-order valence-corrected chi connectivity index (χ4v) is 3.51. The highest BCUT2D eigenvalue weighted by molar-refractivity contribution is 7.90. The van der Waals surface area contributed by atoms with Gasteiger partial charge in [-0.15, -0.1) is 0 Å². The molecule has 116 valence electrons. The number of aromatic nitrogens is 2. The maximum atomic E-state index is 11.4. The zero-order valence-corrected chi connectivity index (χ0v) is 14.0. The number of fused-ring (bicyclic) bond motifs is 1. The van der Waals surface area contributed by atoms with Crippen LogP contribution >= 0.6 is 0 Å². The smallest absolute Gasteiger partial charge is 0.246 e. The van der Waals surface area contributed by atoms with Crippen LogP contribution in [0.5, 0.6) is 0 Å². The highest BCUT2D eigenvalue weighted by Crippen LogP contribution is 2.41. The Kier molecular flexibility index (Phi) is 3.25. The average molecular weight is 317 g/mol. The fraction of sp³-hybridized carbons (Fsp3) is 0.375. The van der Waals surface area contributed by atoms with Gasteiger partial charge in [0, 0.05) is 48.9 Å². The van der Waals surface area contributed by atoms with Crippen LogP contribution in [-0.4, -0.2) is 38.2 Å². The van der Waals surface area contributed by atoms with Crippen LogP contribution in [0.2, 0.25) is 0 Å². The molecule has 0 amide bonds. The summed E-state index contributed by atoms with van der Waals surface area (Å²) >= 11 is 0. The molecule has 1 aliphatic heterocycles. The first-order valence-electron chi connectivity index (χ1n) is 7.07. The Hall–Kier alpha value is -1.95. The van der Waals surface area contributed by atoms with E-state index in [9.17, 15) is 8.42 Å². The quantitative estimate of drug-likeness (QED) is 0.795. The van der Waals surface area contributed by atoms with Gasteiger partial charge < -0.3 is 4.90 Å². The topological polar surface area (TPSA) is 63.2 Å². The van der Waals surface area contributed by atoms with Crippen LogP contribution in [-0.2, 0) is 15.3 Å². The summed E-state index contributed by atoms with van der Waals surface area (Å²) in [6.07, 6.45) is 4.23. The Balaban J connectivity index is 2.03.